The Morgan fingerprint density at radius 2 is 1.45 bits per heavy atom. The molecule has 0 saturated heterocycles. The van der Waals surface area contributed by atoms with Crippen LogP contribution in [0.25, 0.3) is 21.1 Å². The lowest BCUT2D eigenvalue weighted by Gasteiger charge is -2.26. The molecule has 2 aromatic heterocycles. The fourth-order valence-electron chi connectivity index (χ4n) is 5.88. The summed E-state index contributed by atoms with van der Waals surface area (Å²) in [4.78, 5) is 71.0. The lowest BCUT2D eigenvalue weighted by atomic mass is 10.00. The van der Waals surface area contributed by atoms with Crippen LogP contribution in [0, 0.1) is 5.92 Å². The molecule has 3 amide bonds. The fourth-order valence-corrected chi connectivity index (χ4v) is 6.84. The predicted octanol–water partition coefficient (Wildman–Crippen LogP) is 2.24. The predicted molar refractivity (Wildman–Crippen MR) is 210 cm³/mol. The highest BCUT2D eigenvalue weighted by molar-refractivity contribution is 7.20. The molecule has 4 atom stereocenters. The average molecular weight is 746 g/mol. The first-order valence-electron chi connectivity index (χ1n) is 17.8. The van der Waals surface area contributed by atoms with E-state index in [2.05, 4.69) is 35.9 Å². The summed E-state index contributed by atoms with van der Waals surface area (Å²) in [7, 11) is 0. The zero-order valence-corrected chi connectivity index (χ0v) is 31.2. The SMILES string of the molecule is CC(N)=NCCC[C@H](NC(=O)[C@H](CC(C)C)NC(=O)[C@H](CCCN=C(N)N)NC(=O)[C@@H](N)Cc1c[nH]c2ccccc12)C(=O)c1nc2ccccc2s1. The fraction of sp³-hybridized carbons (Fsp3) is 0.432. The maximum atomic E-state index is 13.9. The minimum absolute atomic E-state index is 0.00849. The summed E-state index contributed by atoms with van der Waals surface area (Å²) in [5.41, 5.74) is 25.5. The van der Waals surface area contributed by atoms with E-state index in [1.807, 2.05) is 68.6 Å². The standard InChI is InChI=1S/C37H51N11O4S/c1-21(2)18-30(35(52)45-28(13-8-16-42-22(3)38)32(49)36-48-27-12-6-7-15-31(27)53-36)47-34(51)29(14-9-17-43-37(40)41)46-33(50)25(39)19-23-20-44-26-11-5-4-10-24(23)26/h4-7,10-12,15,20-21,25,28-30,44H,8-9,13-14,16-19,39H2,1-3H3,(H2,38,42)(H,45,52)(H,46,50)(H,47,51)(H4,40,41,43)/t25-,28-,29-,30-/m0/s1. The van der Waals surface area contributed by atoms with Crippen molar-refractivity contribution in [3.8, 4) is 0 Å². The number of ketones is 1. The third-order valence-corrected chi connectivity index (χ3v) is 9.57. The van der Waals surface area contributed by atoms with Crippen LogP contribution in [0.1, 0.15) is 68.2 Å². The number of H-pyrrole nitrogens is 1. The van der Waals surface area contributed by atoms with Gasteiger partial charge in [-0.05, 0) is 75.1 Å². The zero-order valence-electron chi connectivity index (χ0n) is 30.4. The van der Waals surface area contributed by atoms with Crippen LogP contribution in [-0.4, -0.2) is 82.5 Å². The number of nitrogens with zero attached hydrogens (tertiary/aromatic N) is 3. The Morgan fingerprint density at radius 1 is 0.830 bits per heavy atom. The number of hydrogen-bond acceptors (Lipinski definition) is 9. The summed E-state index contributed by atoms with van der Waals surface area (Å²) in [6.45, 7) is 6.11. The quantitative estimate of drug-likeness (QED) is 0.0285. The number of aromatic nitrogens is 2. The largest absolute Gasteiger partial charge is 0.388 e. The molecule has 53 heavy (non-hydrogen) atoms. The van der Waals surface area contributed by atoms with Crippen LogP contribution in [0.5, 0.6) is 0 Å². The molecule has 0 unspecified atom stereocenters. The molecule has 12 N–H and O–H groups in total. The molecule has 284 valence electrons. The molecule has 4 rings (SSSR count). The van der Waals surface area contributed by atoms with Gasteiger partial charge in [0.2, 0.25) is 23.5 Å². The molecule has 16 heteroatoms. The molecule has 0 aliphatic carbocycles. The zero-order chi connectivity index (χ0) is 38.5. The number of thiazole rings is 1. The molecule has 0 bridgehead atoms. The number of aliphatic imine (C=N–C) groups is 2. The lowest BCUT2D eigenvalue weighted by molar-refractivity contribution is -0.133. The van der Waals surface area contributed by atoms with Crippen molar-refractivity contribution in [3.05, 3.63) is 65.3 Å². The molecule has 0 radical (unpaired) electrons. The van der Waals surface area contributed by atoms with Gasteiger partial charge < -0.3 is 43.9 Å². The number of fused-ring (bicyclic) bond motifs is 2. The van der Waals surface area contributed by atoms with E-state index in [0.717, 1.165) is 21.2 Å². The van der Waals surface area contributed by atoms with Crippen LogP contribution in [0.2, 0.25) is 0 Å². The molecule has 15 nitrogen and oxygen atoms in total. The van der Waals surface area contributed by atoms with Crippen LogP contribution in [0.4, 0.5) is 0 Å². The van der Waals surface area contributed by atoms with Gasteiger partial charge in [-0.15, -0.1) is 11.3 Å². The van der Waals surface area contributed by atoms with Gasteiger partial charge in [0.25, 0.3) is 0 Å². The third-order valence-electron chi connectivity index (χ3n) is 8.52. The van der Waals surface area contributed by atoms with E-state index in [1.54, 1.807) is 6.92 Å². The highest BCUT2D eigenvalue weighted by atomic mass is 32.1. The Kier molecular flexibility index (Phi) is 14.9. The first-order valence-corrected chi connectivity index (χ1v) is 18.6. The molecule has 0 spiro atoms. The second kappa shape index (κ2) is 19.5. The number of carbonyl (C=O) groups is 4. The normalized spacial score (nSPS) is 14.0. The van der Waals surface area contributed by atoms with Crippen LogP contribution in [-0.2, 0) is 20.8 Å². The number of para-hydroxylation sites is 2. The summed E-state index contributed by atoms with van der Waals surface area (Å²) in [5.74, 6) is -1.66. The van der Waals surface area contributed by atoms with Crippen molar-refractivity contribution in [1.82, 2.24) is 25.9 Å². The molecular formula is C37H51N11O4S. The third kappa shape index (κ3) is 12.1. The topological polar surface area (TPSA) is 262 Å². The van der Waals surface area contributed by atoms with E-state index >= 15 is 0 Å². The van der Waals surface area contributed by atoms with Gasteiger partial charge in [-0.3, -0.25) is 29.2 Å². The molecule has 0 aliphatic rings. The van der Waals surface area contributed by atoms with E-state index in [9.17, 15) is 19.2 Å². The maximum Gasteiger partial charge on any atom is 0.243 e. The minimum Gasteiger partial charge on any atom is -0.388 e. The Balaban J connectivity index is 1.50. The van der Waals surface area contributed by atoms with Crippen molar-refractivity contribution in [1.29, 1.82) is 0 Å². The van der Waals surface area contributed by atoms with Gasteiger partial charge in [0, 0.05) is 30.2 Å². The van der Waals surface area contributed by atoms with Gasteiger partial charge in [0.1, 0.15) is 12.1 Å². The smallest absolute Gasteiger partial charge is 0.243 e. The molecule has 4 aromatic rings. The molecule has 0 saturated carbocycles. The first kappa shape index (κ1) is 40.4. The maximum absolute atomic E-state index is 13.9. The van der Waals surface area contributed by atoms with Crippen LogP contribution < -0.4 is 38.9 Å². The van der Waals surface area contributed by atoms with Crippen LogP contribution in [0.3, 0.4) is 0 Å². The van der Waals surface area contributed by atoms with Crippen molar-refractivity contribution in [2.24, 2.45) is 38.8 Å². The number of nitrogens with two attached hydrogens (primary N) is 4. The van der Waals surface area contributed by atoms with Gasteiger partial charge in [0.05, 0.1) is 28.1 Å². The summed E-state index contributed by atoms with van der Waals surface area (Å²) >= 11 is 1.25. The van der Waals surface area contributed by atoms with E-state index in [1.165, 1.54) is 11.3 Å². The summed E-state index contributed by atoms with van der Waals surface area (Å²) in [5, 5.41) is 9.74. The number of guanidine groups is 1. The summed E-state index contributed by atoms with van der Waals surface area (Å²) in [6.07, 6.45) is 3.59. The number of hydrogen-bond donors (Lipinski definition) is 8. The Bertz CT molecular complexity index is 1890. The number of amidine groups is 1. The minimum atomic E-state index is -1.05. The van der Waals surface area contributed by atoms with Crippen molar-refractivity contribution in [3.63, 3.8) is 0 Å². The second-order valence-corrected chi connectivity index (χ2v) is 14.5. The number of Topliss-reactive ketones (excluding diaryl/α,β-unsaturated/α-hetero) is 1. The van der Waals surface area contributed by atoms with E-state index in [0.29, 0.717) is 30.7 Å². The number of carbonyl (C=O) groups excluding carboxylic acids is 4. The number of amides is 3. The molecular weight excluding hydrogens is 695 g/mol. The molecule has 2 aromatic carbocycles. The van der Waals surface area contributed by atoms with Crippen LogP contribution in [0.15, 0.2) is 64.7 Å². The van der Waals surface area contributed by atoms with Gasteiger partial charge in [0.15, 0.2) is 11.0 Å². The lowest BCUT2D eigenvalue weighted by Crippen LogP contribution is -2.57. The average Bonchev–Trinajstić information content (AvgIpc) is 3.74. The summed E-state index contributed by atoms with van der Waals surface area (Å²) in [6, 6.07) is 11.1. The van der Waals surface area contributed by atoms with E-state index in [-0.39, 0.29) is 54.9 Å². The number of nitrogens with one attached hydrogen (secondary N) is 4. The second-order valence-electron chi connectivity index (χ2n) is 13.4. The van der Waals surface area contributed by atoms with E-state index < -0.39 is 41.9 Å². The van der Waals surface area contributed by atoms with Crippen molar-refractivity contribution >= 4 is 67.8 Å². The van der Waals surface area contributed by atoms with Crippen molar-refractivity contribution < 1.29 is 19.2 Å². The number of rotatable bonds is 20. The van der Waals surface area contributed by atoms with Gasteiger partial charge >= 0.3 is 0 Å². The van der Waals surface area contributed by atoms with Gasteiger partial charge in [-0.2, -0.15) is 0 Å². The first-order chi connectivity index (χ1) is 25.3. The Morgan fingerprint density at radius 3 is 2.15 bits per heavy atom. The van der Waals surface area contributed by atoms with Crippen molar-refractivity contribution in [2.75, 3.05) is 13.1 Å². The Hall–Kier alpha value is -5.35. The van der Waals surface area contributed by atoms with Crippen molar-refractivity contribution in [2.45, 2.75) is 83.5 Å². The molecule has 0 aliphatic heterocycles. The molecule has 0 fully saturated rings. The monoisotopic (exact) mass is 745 g/mol. The Labute approximate surface area is 312 Å². The number of benzene rings is 2. The number of aromatic amines is 1. The highest BCUT2D eigenvalue weighted by Gasteiger charge is 2.32. The summed E-state index contributed by atoms with van der Waals surface area (Å²) < 4.78 is 0.850. The van der Waals surface area contributed by atoms with Gasteiger partial charge in [-0.1, -0.05) is 44.2 Å². The highest BCUT2D eigenvalue weighted by Crippen LogP contribution is 2.24. The van der Waals surface area contributed by atoms with E-state index in [4.69, 9.17) is 22.9 Å². The molecule has 2 heterocycles. The van der Waals surface area contributed by atoms with Crippen LogP contribution >= 0.6 is 11.3 Å². The van der Waals surface area contributed by atoms with Gasteiger partial charge in [-0.25, -0.2) is 4.98 Å².